The summed E-state index contributed by atoms with van der Waals surface area (Å²) in [5.41, 5.74) is 3.07. The van der Waals surface area contributed by atoms with E-state index in [1.807, 2.05) is 25.1 Å². The molecule has 0 N–H and O–H groups in total. The highest BCUT2D eigenvalue weighted by Gasteiger charge is 2.17. The van der Waals surface area contributed by atoms with Crippen molar-refractivity contribution in [1.29, 1.82) is 0 Å². The minimum atomic E-state index is -0.315. The minimum Gasteiger partial charge on any atom is -0.492 e. The zero-order chi connectivity index (χ0) is 11.5. The summed E-state index contributed by atoms with van der Waals surface area (Å²) < 4.78 is 10.2. The molecule has 3 heteroatoms. The van der Waals surface area contributed by atoms with Crippen LogP contribution in [0.2, 0.25) is 0 Å². The standard InChI is InChI=1S/C13H14O3/c1-9-4-3-5-11-10(8-12(14)15-2)6-7-16-13(9)11/h3-5,8H,6-7H2,1-2H3/b10-8+. The Hall–Kier alpha value is -1.77. The summed E-state index contributed by atoms with van der Waals surface area (Å²) in [6.07, 6.45) is 2.28. The molecule has 84 valence electrons. The Balaban J connectivity index is 2.44. The SMILES string of the molecule is COC(=O)/C=C1\CCOc2c(C)cccc21. The van der Waals surface area contributed by atoms with Crippen molar-refractivity contribution in [2.24, 2.45) is 0 Å². The fourth-order valence-electron chi connectivity index (χ4n) is 1.85. The van der Waals surface area contributed by atoms with Crippen molar-refractivity contribution in [1.82, 2.24) is 0 Å². The molecule has 0 amide bonds. The number of rotatable bonds is 1. The molecule has 0 radical (unpaired) electrons. The van der Waals surface area contributed by atoms with E-state index < -0.39 is 0 Å². The number of aryl methyl sites for hydroxylation is 1. The Labute approximate surface area is 94.7 Å². The van der Waals surface area contributed by atoms with Gasteiger partial charge in [0.25, 0.3) is 0 Å². The van der Waals surface area contributed by atoms with Gasteiger partial charge in [-0.1, -0.05) is 18.2 Å². The van der Waals surface area contributed by atoms with E-state index in [-0.39, 0.29) is 5.97 Å². The molecule has 0 fully saturated rings. The summed E-state index contributed by atoms with van der Waals surface area (Å²) >= 11 is 0. The maximum Gasteiger partial charge on any atom is 0.330 e. The lowest BCUT2D eigenvalue weighted by Crippen LogP contribution is -2.10. The number of hydrogen-bond acceptors (Lipinski definition) is 3. The van der Waals surface area contributed by atoms with Gasteiger partial charge in [0.2, 0.25) is 0 Å². The van der Waals surface area contributed by atoms with Crippen molar-refractivity contribution in [2.45, 2.75) is 13.3 Å². The average molecular weight is 218 g/mol. The molecule has 0 unspecified atom stereocenters. The molecule has 16 heavy (non-hydrogen) atoms. The molecule has 0 atom stereocenters. The number of esters is 1. The van der Waals surface area contributed by atoms with Crippen LogP contribution in [-0.2, 0) is 9.53 Å². The van der Waals surface area contributed by atoms with Gasteiger partial charge in [-0.3, -0.25) is 0 Å². The number of hydrogen-bond donors (Lipinski definition) is 0. The highest BCUT2D eigenvalue weighted by Crippen LogP contribution is 2.35. The first kappa shape index (κ1) is 10.7. The van der Waals surface area contributed by atoms with Crippen molar-refractivity contribution < 1.29 is 14.3 Å². The van der Waals surface area contributed by atoms with Gasteiger partial charge in [-0.25, -0.2) is 4.79 Å². The van der Waals surface area contributed by atoms with Gasteiger partial charge >= 0.3 is 5.97 Å². The molecule has 1 aliphatic rings. The van der Waals surface area contributed by atoms with E-state index in [9.17, 15) is 4.79 Å². The van der Waals surface area contributed by atoms with Gasteiger partial charge in [0.15, 0.2) is 0 Å². The number of carbonyl (C=O) groups is 1. The normalized spacial score (nSPS) is 16.5. The third-order valence-corrected chi connectivity index (χ3v) is 2.67. The van der Waals surface area contributed by atoms with Crippen LogP contribution in [0.25, 0.3) is 5.57 Å². The number of para-hydroxylation sites is 1. The van der Waals surface area contributed by atoms with Crippen LogP contribution < -0.4 is 4.74 Å². The molecule has 1 heterocycles. The lowest BCUT2D eigenvalue weighted by atomic mass is 9.97. The van der Waals surface area contributed by atoms with E-state index in [1.54, 1.807) is 6.08 Å². The molecule has 0 spiro atoms. The lowest BCUT2D eigenvalue weighted by molar-refractivity contribution is -0.134. The average Bonchev–Trinajstić information content (AvgIpc) is 2.30. The molecular weight excluding hydrogens is 204 g/mol. The maximum atomic E-state index is 11.2. The fraction of sp³-hybridized carbons (Fsp3) is 0.308. The molecule has 0 bridgehead atoms. The molecule has 1 aromatic carbocycles. The van der Waals surface area contributed by atoms with E-state index in [0.717, 1.165) is 28.9 Å². The van der Waals surface area contributed by atoms with Gasteiger partial charge in [-0.05, 0) is 18.1 Å². The Morgan fingerprint density at radius 1 is 1.50 bits per heavy atom. The van der Waals surface area contributed by atoms with E-state index >= 15 is 0 Å². The Morgan fingerprint density at radius 2 is 2.31 bits per heavy atom. The summed E-state index contributed by atoms with van der Waals surface area (Å²) in [5.74, 6) is 0.563. The largest absolute Gasteiger partial charge is 0.492 e. The zero-order valence-electron chi connectivity index (χ0n) is 9.45. The highest BCUT2D eigenvalue weighted by atomic mass is 16.5. The van der Waals surface area contributed by atoms with Crippen LogP contribution in [0, 0.1) is 6.92 Å². The quantitative estimate of drug-likeness (QED) is 0.536. The van der Waals surface area contributed by atoms with Gasteiger partial charge < -0.3 is 9.47 Å². The monoisotopic (exact) mass is 218 g/mol. The van der Waals surface area contributed by atoms with Gasteiger partial charge in [-0.2, -0.15) is 0 Å². The number of carbonyl (C=O) groups excluding carboxylic acids is 1. The molecule has 0 saturated heterocycles. The first-order valence-electron chi connectivity index (χ1n) is 5.23. The smallest absolute Gasteiger partial charge is 0.330 e. The van der Waals surface area contributed by atoms with Crippen LogP contribution in [-0.4, -0.2) is 19.7 Å². The Bertz CT molecular complexity index is 446. The molecule has 1 aromatic rings. The molecule has 0 aromatic heterocycles. The molecule has 0 aliphatic carbocycles. The van der Waals surface area contributed by atoms with Crippen LogP contribution in [0.5, 0.6) is 5.75 Å². The van der Waals surface area contributed by atoms with Crippen LogP contribution in [0.3, 0.4) is 0 Å². The van der Waals surface area contributed by atoms with Crippen molar-refractivity contribution in [3.63, 3.8) is 0 Å². The number of fused-ring (bicyclic) bond motifs is 1. The predicted octanol–water partition coefficient (Wildman–Crippen LogP) is 2.33. The molecule has 1 aliphatic heterocycles. The van der Waals surface area contributed by atoms with Gasteiger partial charge in [-0.15, -0.1) is 0 Å². The third-order valence-electron chi connectivity index (χ3n) is 2.67. The molecule has 0 saturated carbocycles. The number of benzene rings is 1. The summed E-state index contributed by atoms with van der Waals surface area (Å²) in [6.45, 7) is 2.61. The number of ether oxygens (including phenoxy) is 2. The number of methoxy groups -OCH3 is 1. The van der Waals surface area contributed by atoms with Crippen molar-refractivity contribution in [3.05, 3.63) is 35.4 Å². The molecular formula is C13H14O3. The predicted molar refractivity (Wildman–Crippen MR) is 61.3 cm³/mol. The molecule has 2 rings (SSSR count). The van der Waals surface area contributed by atoms with Crippen molar-refractivity contribution in [3.8, 4) is 5.75 Å². The van der Waals surface area contributed by atoms with Gasteiger partial charge in [0, 0.05) is 18.1 Å². The molecule has 3 nitrogen and oxygen atoms in total. The van der Waals surface area contributed by atoms with Crippen molar-refractivity contribution in [2.75, 3.05) is 13.7 Å². The van der Waals surface area contributed by atoms with Crippen LogP contribution in [0.15, 0.2) is 24.3 Å². The first-order valence-corrected chi connectivity index (χ1v) is 5.23. The fourth-order valence-corrected chi connectivity index (χ4v) is 1.85. The summed E-state index contributed by atoms with van der Waals surface area (Å²) in [6, 6.07) is 5.93. The van der Waals surface area contributed by atoms with E-state index in [2.05, 4.69) is 4.74 Å². The van der Waals surface area contributed by atoms with E-state index in [0.29, 0.717) is 6.61 Å². The lowest BCUT2D eigenvalue weighted by Gasteiger charge is -2.21. The van der Waals surface area contributed by atoms with Crippen molar-refractivity contribution >= 4 is 11.5 Å². The van der Waals surface area contributed by atoms with Crippen LogP contribution >= 0.6 is 0 Å². The van der Waals surface area contributed by atoms with E-state index in [4.69, 9.17) is 4.74 Å². The zero-order valence-corrected chi connectivity index (χ0v) is 9.45. The van der Waals surface area contributed by atoms with Gasteiger partial charge in [0.05, 0.1) is 13.7 Å². The summed E-state index contributed by atoms with van der Waals surface area (Å²) in [5, 5.41) is 0. The van der Waals surface area contributed by atoms with E-state index in [1.165, 1.54) is 7.11 Å². The summed E-state index contributed by atoms with van der Waals surface area (Å²) in [4.78, 5) is 11.2. The van der Waals surface area contributed by atoms with Gasteiger partial charge in [0.1, 0.15) is 5.75 Å². The Kier molecular flexibility index (Phi) is 2.95. The van der Waals surface area contributed by atoms with Crippen LogP contribution in [0.1, 0.15) is 17.5 Å². The summed E-state index contributed by atoms with van der Waals surface area (Å²) in [7, 11) is 1.38. The minimum absolute atomic E-state index is 0.315. The second kappa shape index (κ2) is 4.39. The second-order valence-corrected chi connectivity index (χ2v) is 3.74. The topological polar surface area (TPSA) is 35.5 Å². The Morgan fingerprint density at radius 3 is 3.06 bits per heavy atom. The van der Waals surface area contributed by atoms with Crippen LogP contribution in [0.4, 0.5) is 0 Å². The first-order chi connectivity index (χ1) is 7.72. The third kappa shape index (κ3) is 1.94. The highest BCUT2D eigenvalue weighted by molar-refractivity contribution is 5.92. The second-order valence-electron chi connectivity index (χ2n) is 3.74. The maximum absolute atomic E-state index is 11.2.